The fourth-order valence-corrected chi connectivity index (χ4v) is 1.01. The third-order valence-electron chi connectivity index (χ3n) is 1.57. The normalized spacial score (nSPS) is 9.50. The average molecular weight is 165 g/mol. The fourth-order valence-electron chi connectivity index (χ4n) is 1.01. The van der Waals surface area contributed by atoms with E-state index in [9.17, 15) is 4.79 Å². The standard InChI is InChI=1S/C9H11NO2/c1-6-3-7(9(10)11)5-8(4-6)12-2/h3-5H,1-2H3,(H2,10,11). The Morgan fingerprint density at radius 3 is 2.58 bits per heavy atom. The van der Waals surface area contributed by atoms with E-state index in [1.54, 1.807) is 19.2 Å². The average Bonchev–Trinajstić information content (AvgIpc) is 2.03. The molecule has 1 amide bonds. The molecule has 0 spiro atoms. The maximum atomic E-state index is 10.8. The van der Waals surface area contributed by atoms with E-state index in [0.717, 1.165) is 5.56 Å². The predicted octanol–water partition coefficient (Wildman–Crippen LogP) is 1.10. The number of aryl methyl sites for hydroxylation is 1. The molecule has 0 atom stereocenters. The van der Waals surface area contributed by atoms with Crippen molar-refractivity contribution >= 4 is 5.91 Å². The molecule has 1 aromatic carbocycles. The Balaban J connectivity index is 3.15. The van der Waals surface area contributed by atoms with Crippen molar-refractivity contribution in [1.29, 1.82) is 0 Å². The fraction of sp³-hybridized carbons (Fsp3) is 0.222. The lowest BCUT2D eigenvalue weighted by atomic mass is 10.1. The Morgan fingerprint density at radius 2 is 2.08 bits per heavy atom. The highest BCUT2D eigenvalue weighted by atomic mass is 16.5. The van der Waals surface area contributed by atoms with Crippen molar-refractivity contribution in [2.45, 2.75) is 6.92 Å². The lowest BCUT2D eigenvalue weighted by Gasteiger charge is -2.03. The molecule has 1 aromatic rings. The minimum atomic E-state index is -0.433. The van der Waals surface area contributed by atoms with Crippen molar-refractivity contribution in [1.82, 2.24) is 0 Å². The first-order valence-corrected chi connectivity index (χ1v) is 3.59. The van der Waals surface area contributed by atoms with Crippen molar-refractivity contribution in [3.63, 3.8) is 0 Å². The summed E-state index contributed by atoms with van der Waals surface area (Å²) in [5, 5.41) is 0. The third kappa shape index (κ3) is 1.75. The predicted molar refractivity (Wildman–Crippen MR) is 46.2 cm³/mol. The van der Waals surface area contributed by atoms with Crippen LogP contribution in [0.4, 0.5) is 0 Å². The van der Waals surface area contributed by atoms with Gasteiger partial charge in [0.25, 0.3) is 0 Å². The number of hydrogen-bond donors (Lipinski definition) is 1. The first-order chi connectivity index (χ1) is 5.63. The number of nitrogens with two attached hydrogens (primary N) is 1. The second-order valence-electron chi connectivity index (χ2n) is 2.60. The Labute approximate surface area is 71.1 Å². The molecule has 0 radical (unpaired) electrons. The first kappa shape index (κ1) is 8.59. The second-order valence-corrected chi connectivity index (χ2v) is 2.60. The van der Waals surface area contributed by atoms with Gasteiger partial charge in [0.1, 0.15) is 5.75 Å². The van der Waals surface area contributed by atoms with Crippen LogP contribution in [0.5, 0.6) is 5.75 Å². The van der Waals surface area contributed by atoms with Crippen LogP contribution in [0.25, 0.3) is 0 Å². The summed E-state index contributed by atoms with van der Waals surface area (Å²) in [6.07, 6.45) is 0. The maximum Gasteiger partial charge on any atom is 0.248 e. The third-order valence-corrected chi connectivity index (χ3v) is 1.57. The number of rotatable bonds is 2. The van der Waals surface area contributed by atoms with Crippen LogP contribution in [0, 0.1) is 6.92 Å². The summed E-state index contributed by atoms with van der Waals surface area (Å²) in [6, 6.07) is 5.19. The van der Waals surface area contributed by atoms with Gasteiger partial charge < -0.3 is 10.5 Å². The maximum absolute atomic E-state index is 10.8. The number of carbonyl (C=O) groups excluding carboxylic acids is 1. The molecule has 0 fully saturated rings. The van der Waals surface area contributed by atoms with E-state index < -0.39 is 5.91 Å². The number of primary amides is 1. The van der Waals surface area contributed by atoms with E-state index in [2.05, 4.69) is 0 Å². The van der Waals surface area contributed by atoms with Crippen LogP contribution in [0.3, 0.4) is 0 Å². The highest BCUT2D eigenvalue weighted by Gasteiger charge is 2.02. The molecule has 64 valence electrons. The Bertz CT molecular complexity index is 307. The van der Waals surface area contributed by atoms with Crippen LogP contribution in [-0.4, -0.2) is 13.0 Å². The summed E-state index contributed by atoms with van der Waals surface area (Å²) < 4.78 is 4.98. The number of carbonyl (C=O) groups is 1. The molecule has 0 bridgehead atoms. The summed E-state index contributed by atoms with van der Waals surface area (Å²) in [5.41, 5.74) is 6.55. The molecular formula is C9H11NO2. The Hall–Kier alpha value is -1.51. The zero-order chi connectivity index (χ0) is 9.14. The zero-order valence-corrected chi connectivity index (χ0v) is 7.13. The van der Waals surface area contributed by atoms with Crippen molar-refractivity contribution in [2.75, 3.05) is 7.11 Å². The first-order valence-electron chi connectivity index (χ1n) is 3.59. The van der Waals surface area contributed by atoms with Crippen LogP contribution in [0.2, 0.25) is 0 Å². The monoisotopic (exact) mass is 165 g/mol. The summed E-state index contributed by atoms with van der Waals surface area (Å²) in [7, 11) is 1.56. The van der Waals surface area contributed by atoms with Gasteiger partial charge in [0.2, 0.25) is 5.91 Å². The molecule has 0 aliphatic rings. The lowest BCUT2D eigenvalue weighted by molar-refractivity contribution is 0.1000. The summed E-state index contributed by atoms with van der Waals surface area (Å²) in [4.78, 5) is 10.8. The van der Waals surface area contributed by atoms with Crippen molar-refractivity contribution in [2.24, 2.45) is 5.73 Å². The second kappa shape index (κ2) is 3.26. The van der Waals surface area contributed by atoms with E-state index in [0.29, 0.717) is 11.3 Å². The topological polar surface area (TPSA) is 52.3 Å². The number of ether oxygens (including phenoxy) is 1. The van der Waals surface area contributed by atoms with Gasteiger partial charge in [-0.15, -0.1) is 0 Å². The van der Waals surface area contributed by atoms with Gasteiger partial charge in [-0.2, -0.15) is 0 Å². The van der Waals surface area contributed by atoms with Crippen molar-refractivity contribution < 1.29 is 9.53 Å². The molecule has 0 saturated carbocycles. The molecule has 0 unspecified atom stereocenters. The molecule has 1 rings (SSSR count). The molecule has 3 nitrogen and oxygen atoms in total. The zero-order valence-electron chi connectivity index (χ0n) is 7.13. The van der Waals surface area contributed by atoms with Crippen LogP contribution in [0.1, 0.15) is 15.9 Å². The van der Waals surface area contributed by atoms with Crippen molar-refractivity contribution in [3.8, 4) is 5.75 Å². The van der Waals surface area contributed by atoms with E-state index in [-0.39, 0.29) is 0 Å². The molecule has 0 aliphatic carbocycles. The smallest absolute Gasteiger partial charge is 0.248 e. The lowest BCUT2D eigenvalue weighted by Crippen LogP contribution is -2.11. The molecule has 12 heavy (non-hydrogen) atoms. The Morgan fingerprint density at radius 1 is 1.42 bits per heavy atom. The summed E-state index contributed by atoms with van der Waals surface area (Å²) in [5.74, 6) is 0.223. The number of hydrogen-bond acceptors (Lipinski definition) is 2. The molecule has 3 heteroatoms. The van der Waals surface area contributed by atoms with E-state index in [1.807, 2.05) is 13.0 Å². The highest BCUT2D eigenvalue weighted by molar-refractivity contribution is 5.93. The number of amides is 1. The largest absolute Gasteiger partial charge is 0.497 e. The van der Waals surface area contributed by atoms with Gasteiger partial charge >= 0.3 is 0 Å². The van der Waals surface area contributed by atoms with Crippen LogP contribution in [-0.2, 0) is 0 Å². The quantitative estimate of drug-likeness (QED) is 0.713. The van der Waals surface area contributed by atoms with Crippen LogP contribution in [0.15, 0.2) is 18.2 Å². The molecular weight excluding hydrogens is 154 g/mol. The van der Waals surface area contributed by atoms with E-state index in [4.69, 9.17) is 10.5 Å². The van der Waals surface area contributed by atoms with Crippen LogP contribution >= 0.6 is 0 Å². The summed E-state index contributed by atoms with van der Waals surface area (Å²) in [6.45, 7) is 1.88. The molecule has 0 aliphatic heterocycles. The number of methoxy groups -OCH3 is 1. The number of benzene rings is 1. The summed E-state index contributed by atoms with van der Waals surface area (Å²) >= 11 is 0. The minimum absolute atomic E-state index is 0.433. The molecule has 0 heterocycles. The van der Waals surface area contributed by atoms with E-state index >= 15 is 0 Å². The highest BCUT2D eigenvalue weighted by Crippen LogP contribution is 2.15. The van der Waals surface area contributed by atoms with Crippen molar-refractivity contribution in [3.05, 3.63) is 29.3 Å². The van der Waals surface area contributed by atoms with E-state index in [1.165, 1.54) is 0 Å². The van der Waals surface area contributed by atoms with Gasteiger partial charge in [-0.25, -0.2) is 0 Å². The van der Waals surface area contributed by atoms with Gasteiger partial charge in [0.15, 0.2) is 0 Å². The molecule has 0 aromatic heterocycles. The van der Waals surface area contributed by atoms with Gasteiger partial charge in [-0.1, -0.05) is 0 Å². The van der Waals surface area contributed by atoms with Crippen LogP contribution < -0.4 is 10.5 Å². The SMILES string of the molecule is COc1cc(C)cc(C(N)=O)c1. The Kier molecular flexibility index (Phi) is 2.33. The molecule has 0 saturated heterocycles. The van der Waals surface area contributed by atoms with Gasteiger partial charge in [-0.3, -0.25) is 4.79 Å². The van der Waals surface area contributed by atoms with Gasteiger partial charge in [-0.05, 0) is 30.7 Å². The minimum Gasteiger partial charge on any atom is -0.497 e. The van der Waals surface area contributed by atoms with Gasteiger partial charge in [0, 0.05) is 5.56 Å². The molecule has 2 N–H and O–H groups in total. The van der Waals surface area contributed by atoms with Gasteiger partial charge in [0.05, 0.1) is 7.11 Å².